The molecule has 0 saturated heterocycles. The number of carbonyl (C=O) groups is 3. The Hall–Kier alpha value is -6.23. The maximum absolute atomic E-state index is 13.9. The highest BCUT2D eigenvalue weighted by atomic mass is 35.5. The molecular formula is C43H35ClN4O5S. The number of carboxylic acids is 1. The van der Waals surface area contributed by atoms with Crippen LogP contribution in [0.2, 0.25) is 5.02 Å². The van der Waals surface area contributed by atoms with Crippen LogP contribution < -0.4 is 15.4 Å². The molecule has 0 spiro atoms. The second-order valence-electron chi connectivity index (χ2n) is 12.6. The van der Waals surface area contributed by atoms with E-state index in [0.717, 1.165) is 33.2 Å². The Morgan fingerprint density at radius 1 is 0.852 bits per heavy atom. The van der Waals surface area contributed by atoms with Crippen LogP contribution in [0, 0.1) is 0 Å². The number of halogens is 1. The third-order valence-corrected chi connectivity index (χ3v) is 10.3. The molecule has 0 fully saturated rings. The molecule has 1 atom stereocenters. The predicted molar refractivity (Wildman–Crippen MR) is 212 cm³/mol. The fraction of sp³-hybridized carbons (Fsp3) is 0.116. The third kappa shape index (κ3) is 8.69. The zero-order valence-corrected chi connectivity index (χ0v) is 30.5. The molecule has 7 rings (SSSR count). The summed E-state index contributed by atoms with van der Waals surface area (Å²) < 4.78 is 6.00. The molecule has 0 bridgehead atoms. The Labute approximate surface area is 320 Å². The molecule has 2 heterocycles. The monoisotopic (exact) mass is 754 g/mol. The van der Waals surface area contributed by atoms with Gasteiger partial charge in [0.1, 0.15) is 23.1 Å². The molecule has 11 heteroatoms. The first-order valence-electron chi connectivity index (χ1n) is 17.3. The Morgan fingerprint density at radius 3 is 2.33 bits per heavy atom. The van der Waals surface area contributed by atoms with E-state index >= 15 is 0 Å². The Morgan fingerprint density at radius 2 is 1.57 bits per heavy atom. The summed E-state index contributed by atoms with van der Waals surface area (Å²) >= 11 is 7.49. The van der Waals surface area contributed by atoms with Gasteiger partial charge in [-0.25, -0.2) is 9.78 Å². The number of aryl methyl sites for hydroxylation is 1. The van der Waals surface area contributed by atoms with Crippen molar-refractivity contribution in [1.29, 1.82) is 0 Å². The number of hydrogen-bond acceptors (Lipinski definition) is 6. The fourth-order valence-electron chi connectivity index (χ4n) is 6.16. The Kier molecular flexibility index (Phi) is 11.1. The molecule has 0 unspecified atom stereocenters. The van der Waals surface area contributed by atoms with Gasteiger partial charge >= 0.3 is 5.97 Å². The van der Waals surface area contributed by atoms with Gasteiger partial charge in [-0.15, -0.1) is 11.3 Å². The van der Waals surface area contributed by atoms with E-state index in [1.54, 1.807) is 0 Å². The van der Waals surface area contributed by atoms with E-state index in [2.05, 4.69) is 15.6 Å². The zero-order valence-electron chi connectivity index (χ0n) is 28.9. The predicted octanol–water partition coefficient (Wildman–Crippen LogP) is 9.51. The van der Waals surface area contributed by atoms with Crippen molar-refractivity contribution in [2.75, 3.05) is 5.32 Å². The lowest BCUT2D eigenvalue weighted by atomic mass is 10.0. The number of anilines is 1. The number of carbonyl (C=O) groups excluding carboxylic acids is 2. The van der Waals surface area contributed by atoms with Crippen LogP contribution in [0.25, 0.3) is 21.3 Å². The second kappa shape index (κ2) is 16.6. The number of carboxylic acid groups (broad SMARTS) is 1. The van der Waals surface area contributed by atoms with Gasteiger partial charge in [0.15, 0.2) is 0 Å². The van der Waals surface area contributed by atoms with Crippen LogP contribution in [-0.2, 0) is 24.2 Å². The van der Waals surface area contributed by atoms with Crippen molar-refractivity contribution >= 4 is 57.3 Å². The fourth-order valence-corrected chi connectivity index (χ4v) is 7.46. The standard InChI is InChI=1S/C43H35ClN4O5S/c44-31-18-21-34(43(51)52)36(24-31)47-41(50)39-40(29-11-5-2-6-12-29)54-42(48-39)37(46-38(49)22-17-30-25-45-35-14-8-7-13-33(30)35)23-27-15-19-32(20-16-27)53-26-28-9-3-1-4-10-28/h1-16,18-21,24-25,37,45H,17,22-23,26H2,(H,46,49)(H,47,50)(H,51,52)/t37-/m0/s1. The van der Waals surface area contributed by atoms with E-state index in [0.29, 0.717) is 35.1 Å². The van der Waals surface area contributed by atoms with Crippen molar-refractivity contribution in [2.45, 2.75) is 31.9 Å². The van der Waals surface area contributed by atoms with Crippen LogP contribution in [0.5, 0.6) is 5.75 Å². The minimum Gasteiger partial charge on any atom is -0.489 e. The summed E-state index contributed by atoms with van der Waals surface area (Å²) in [5.41, 5.74) is 4.83. The van der Waals surface area contributed by atoms with Crippen molar-refractivity contribution in [3.63, 3.8) is 0 Å². The molecule has 0 saturated carbocycles. The van der Waals surface area contributed by atoms with E-state index in [-0.39, 0.29) is 34.3 Å². The van der Waals surface area contributed by atoms with Gasteiger partial charge in [0.25, 0.3) is 5.91 Å². The van der Waals surface area contributed by atoms with Gasteiger partial charge in [0.05, 0.1) is 22.2 Å². The molecule has 2 amide bonds. The van der Waals surface area contributed by atoms with Crippen molar-refractivity contribution in [3.05, 3.63) is 172 Å². The SMILES string of the molecule is O=C(CCc1c[nH]c2ccccc12)N[C@@H](Cc1ccc(OCc2ccccc2)cc1)c1nc(C(=O)Nc2cc(Cl)ccc2C(=O)O)c(-c2ccccc2)s1. The minimum atomic E-state index is -1.21. The lowest BCUT2D eigenvalue weighted by molar-refractivity contribution is -0.121. The number of aromatic nitrogens is 2. The highest BCUT2D eigenvalue weighted by molar-refractivity contribution is 7.15. The first kappa shape index (κ1) is 36.1. The third-order valence-electron chi connectivity index (χ3n) is 8.90. The number of ether oxygens (including phenoxy) is 1. The molecule has 270 valence electrons. The number of nitrogens with one attached hydrogen (secondary N) is 3. The van der Waals surface area contributed by atoms with Gasteiger partial charge in [-0.1, -0.05) is 103 Å². The van der Waals surface area contributed by atoms with Crippen LogP contribution in [0.1, 0.15) is 55.0 Å². The average molecular weight is 755 g/mol. The number of nitrogens with zero attached hydrogens (tertiary/aromatic N) is 1. The highest BCUT2D eigenvalue weighted by Crippen LogP contribution is 2.35. The maximum Gasteiger partial charge on any atom is 0.337 e. The van der Waals surface area contributed by atoms with Gasteiger partial charge in [-0.2, -0.15) is 0 Å². The van der Waals surface area contributed by atoms with Gasteiger partial charge in [0, 0.05) is 28.5 Å². The zero-order chi connectivity index (χ0) is 37.4. The van der Waals surface area contributed by atoms with Gasteiger partial charge in [0.2, 0.25) is 5.91 Å². The van der Waals surface area contributed by atoms with E-state index in [9.17, 15) is 19.5 Å². The molecule has 0 aliphatic carbocycles. The normalized spacial score (nSPS) is 11.6. The first-order chi connectivity index (χ1) is 26.3. The van der Waals surface area contributed by atoms with Crippen molar-refractivity contribution in [3.8, 4) is 16.2 Å². The number of hydrogen-bond donors (Lipinski definition) is 4. The number of benzene rings is 5. The summed E-state index contributed by atoms with van der Waals surface area (Å²) in [6.07, 6.45) is 3.09. The van der Waals surface area contributed by atoms with Crippen molar-refractivity contribution < 1.29 is 24.2 Å². The minimum absolute atomic E-state index is 0.0465. The molecule has 4 N–H and O–H groups in total. The van der Waals surface area contributed by atoms with E-state index in [4.69, 9.17) is 21.3 Å². The summed E-state index contributed by atoms with van der Waals surface area (Å²) in [5, 5.41) is 17.6. The topological polar surface area (TPSA) is 133 Å². The molecule has 0 radical (unpaired) electrons. The molecule has 7 aromatic rings. The number of H-pyrrole nitrogens is 1. The second-order valence-corrected chi connectivity index (χ2v) is 14.1. The largest absolute Gasteiger partial charge is 0.489 e. The van der Waals surface area contributed by atoms with Gasteiger partial charge in [-0.05, 0) is 71.5 Å². The lowest BCUT2D eigenvalue weighted by Gasteiger charge is -2.17. The van der Waals surface area contributed by atoms with Crippen LogP contribution in [-0.4, -0.2) is 32.9 Å². The smallest absolute Gasteiger partial charge is 0.337 e. The number of thiazole rings is 1. The average Bonchev–Trinajstić information content (AvgIpc) is 3.83. The molecule has 0 aliphatic rings. The van der Waals surface area contributed by atoms with E-state index < -0.39 is 17.9 Å². The maximum atomic E-state index is 13.9. The number of para-hydroxylation sites is 1. The number of fused-ring (bicyclic) bond motifs is 1. The summed E-state index contributed by atoms with van der Waals surface area (Å²) in [6.45, 7) is 0.435. The van der Waals surface area contributed by atoms with Gasteiger partial charge < -0.3 is 25.5 Å². The molecule has 2 aromatic heterocycles. The Balaban J connectivity index is 1.18. The summed E-state index contributed by atoms with van der Waals surface area (Å²) in [6, 6.07) is 38.5. The summed E-state index contributed by atoms with van der Waals surface area (Å²) in [5.74, 6) is -1.27. The molecule has 9 nitrogen and oxygen atoms in total. The van der Waals surface area contributed by atoms with Crippen molar-refractivity contribution in [1.82, 2.24) is 15.3 Å². The van der Waals surface area contributed by atoms with E-state index in [1.165, 1.54) is 29.5 Å². The molecule has 54 heavy (non-hydrogen) atoms. The number of amides is 2. The van der Waals surface area contributed by atoms with E-state index in [1.807, 2.05) is 115 Å². The van der Waals surface area contributed by atoms with Crippen LogP contribution in [0.4, 0.5) is 5.69 Å². The molecule has 0 aliphatic heterocycles. The number of aromatic amines is 1. The molecular weight excluding hydrogens is 720 g/mol. The first-order valence-corrected chi connectivity index (χ1v) is 18.5. The van der Waals surface area contributed by atoms with Crippen LogP contribution in [0.15, 0.2) is 134 Å². The molecule has 5 aromatic carbocycles. The quantitative estimate of drug-likeness (QED) is 0.0874. The van der Waals surface area contributed by atoms with Gasteiger partial charge in [-0.3, -0.25) is 9.59 Å². The highest BCUT2D eigenvalue weighted by Gasteiger charge is 2.27. The summed E-state index contributed by atoms with van der Waals surface area (Å²) in [4.78, 5) is 48.3. The number of rotatable bonds is 14. The van der Waals surface area contributed by atoms with Crippen LogP contribution in [0.3, 0.4) is 0 Å². The number of aromatic carboxylic acids is 1. The summed E-state index contributed by atoms with van der Waals surface area (Å²) in [7, 11) is 0. The Bertz CT molecular complexity index is 2410. The van der Waals surface area contributed by atoms with Crippen molar-refractivity contribution in [2.24, 2.45) is 0 Å². The lowest BCUT2D eigenvalue weighted by Crippen LogP contribution is -2.30. The van der Waals surface area contributed by atoms with Crippen LogP contribution >= 0.6 is 22.9 Å².